The third kappa shape index (κ3) is 31.4. The Bertz CT molecular complexity index is 4010. The summed E-state index contributed by atoms with van der Waals surface area (Å²) >= 11 is 0. The van der Waals surface area contributed by atoms with Crippen LogP contribution in [0.2, 0.25) is 0 Å². The molecular weight excluding hydrogens is 1610 g/mol. The van der Waals surface area contributed by atoms with Gasteiger partial charge in [-0.15, -0.1) is 0 Å². The normalized spacial score (nSPS) is 12.0. The lowest BCUT2D eigenvalue weighted by atomic mass is 9.90. The average Bonchev–Trinajstić information content (AvgIpc) is 1.61. The number of rotatable bonds is 70. The highest BCUT2D eigenvalue weighted by Gasteiger charge is 2.32. The van der Waals surface area contributed by atoms with Crippen LogP contribution in [-0.4, -0.2) is 275 Å². The van der Waals surface area contributed by atoms with Crippen molar-refractivity contribution in [2.75, 3.05) is 198 Å². The molecule has 3 aromatic carbocycles. The van der Waals surface area contributed by atoms with E-state index in [1.54, 1.807) is 0 Å². The van der Waals surface area contributed by atoms with Gasteiger partial charge in [-0.1, -0.05) is 73.6 Å². The minimum absolute atomic E-state index is 0.107. The number of ether oxygens (including phenoxy) is 12. The smallest absolute Gasteiger partial charge is 0.503 e. The van der Waals surface area contributed by atoms with Crippen molar-refractivity contribution in [1.82, 2.24) is 19.9 Å². The maximum atomic E-state index is 15.3. The number of allylic oxidation sites excluding steroid dienone is 2. The summed E-state index contributed by atoms with van der Waals surface area (Å²) in [5.74, 6) is -1.92. The van der Waals surface area contributed by atoms with Crippen LogP contribution in [0.5, 0.6) is 0 Å². The Morgan fingerprint density at radius 3 is 0.734 bits per heavy atom. The molecule has 0 radical (unpaired) electrons. The monoisotopic (exact) mass is 1740 g/mol. The molecule has 0 amide bonds. The van der Waals surface area contributed by atoms with Gasteiger partial charge in [-0.25, -0.2) is 17.3 Å². The standard InChI is InChI=1S/C92H132B2F4N4O22/c1-9-71-75(13-5)89(81(109)61-83(123-93(95)96)91-77(15-7)73(11-3)87(101-91)69-56-63(20-32-111-44-50-117-38-26-103)79(24-36-115-48-54-121-42-30-107)64(57-69)21-33-112-45-51-118-39-27-104)99-85(71)67-18-17-19-68(60-67)86-72(10-2)76(14-6)90(100-86)82(110)62-84(124-94(97)98)92-78(16-8)74(12-4)88(102-92)70-58-65(22-34-113-46-52-119-40-28-105)80(25-37-116-49-55-122-43-31-108)66(59-70)23-35-114-47-53-120-41-29-106/h17-19,56-62,99-108H,9-16,20-55H2,1-8H3/b83-61-,84-62-. The van der Waals surface area contributed by atoms with E-state index in [1.807, 2.05) is 79.7 Å². The topological polar surface area (TPSA) is 348 Å². The van der Waals surface area contributed by atoms with Crippen molar-refractivity contribution < 1.29 is 124 Å². The van der Waals surface area contributed by atoms with E-state index in [0.717, 1.165) is 78.9 Å². The van der Waals surface area contributed by atoms with Gasteiger partial charge in [0.25, 0.3) is 0 Å². The highest BCUT2D eigenvalue weighted by molar-refractivity contribution is 6.36. The third-order valence-electron chi connectivity index (χ3n) is 21.2. The number of carbonyl (C=O) groups excluding carboxylic acids is 2. The Labute approximate surface area is 728 Å². The molecule has 26 nitrogen and oxygen atoms in total. The van der Waals surface area contributed by atoms with E-state index >= 15 is 26.9 Å². The van der Waals surface area contributed by atoms with Crippen molar-refractivity contribution in [3.8, 4) is 45.0 Å². The molecular formula is C92H132B2F4N4O22. The molecule has 4 aromatic heterocycles. The number of halogens is 4. The minimum Gasteiger partial charge on any atom is -0.503 e. The summed E-state index contributed by atoms with van der Waals surface area (Å²) < 4.78 is 140. The lowest BCUT2D eigenvalue weighted by molar-refractivity contribution is 0.0326. The van der Waals surface area contributed by atoms with Crippen molar-refractivity contribution >= 4 is 38.0 Å². The lowest BCUT2D eigenvalue weighted by Crippen LogP contribution is -2.14. The van der Waals surface area contributed by atoms with Crippen molar-refractivity contribution in [2.45, 2.75) is 145 Å². The first-order valence-corrected chi connectivity index (χ1v) is 43.9. The molecule has 7 aromatic rings. The SMILES string of the molecule is CCc1c(C(=O)/C=C(\OB(F)F)c2[nH]c(-c3cc(CCOCCOCCO)c(CCOCCOCCO)c(CCOCCOCCO)c3)c(CC)c2CC)[nH]c(-c2cccc(-c3[nH]c(C(=O)/C=C(\OB(F)F)c4[nH]c(-c5cc(CCOCCOCCO)c(CCOCCOCCO)c(CCOCCOCCO)c5)c(CC)c4CC)c(CC)c3CC)c2)c1CC. The largest absolute Gasteiger partial charge is 0.796 e. The van der Waals surface area contributed by atoms with Crippen LogP contribution in [0.4, 0.5) is 17.3 Å². The predicted molar refractivity (Wildman–Crippen MR) is 471 cm³/mol. The number of aliphatic hydroxyl groups is 6. The van der Waals surface area contributed by atoms with Gasteiger partial charge in [0.15, 0.2) is 0 Å². The molecule has 7 rings (SSSR count). The molecule has 686 valence electrons. The van der Waals surface area contributed by atoms with Gasteiger partial charge in [-0.05, 0) is 220 Å². The molecule has 4 heterocycles. The van der Waals surface area contributed by atoms with Gasteiger partial charge in [0.1, 0.15) is 11.5 Å². The van der Waals surface area contributed by atoms with Crippen LogP contribution in [0.15, 0.2) is 60.7 Å². The van der Waals surface area contributed by atoms with Crippen molar-refractivity contribution in [3.63, 3.8) is 0 Å². The Hall–Kier alpha value is -7.67. The van der Waals surface area contributed by atoms with Crippen LogP contribution in [-0.2, 0) is 156 Å². The number of hydrogen-bond donors (Lipinski definition) is 10. The minimum atomic E-state index is -3.33. The second kappa shape index (κ2) is 58.6. The molecule has 0 spiro atoms. The molecule has 0 aliphatic heterocycles. The molecule has 0 atom stereocenters. The first-order valence-electron chi connectivity index (χ1n) is 43.9. The number of aliphatic hydroxyl groups excluding tert-OH is 6. The number of H-pyrrole nitrogens is 4. The zero-order chi connectivity index (χ0) is 89.4. The van der Waals surface area contributed by atoms with Crippen LogP contribution in [0.1, 0.15) is 166 Å². The van der Waals surface area contributed by atoms with E-state index in [9.17, 15) is 30.6 Å². The number of aromatic amines is 4. The fourth-order valence-electron chi connectivity index (χ4n) is 15.8. The third-order valence-corrected chi connectivity index (χ3v) is 21.2. The number of benzene rings is 3. The second-order valence-electron chi connectivity index (χ2n) is 29.0. The number of carbonyl (C=O) groups is 2. The Morgan fingerprint density at radius 1 is 0.282 bits per heavy atom. The van der Waals surface area contributed by atoms with E-state index in [2.05, 4.69) is 44.2 Å². The Balaban J connectivity index is 1.28. The van der Waals surface area contributed by atoms with Gasteiger partial charge < -0.3 is 117 Å². The van der Waals surface area contributed by atoms with Crippen molar-refractivity contribution in [2.24, 2.45) is 0 Å². The molecule has 124 heavy (non-hydrogen) atoms. The lowest BCUT2D eigenvalue weighted by Gasteiger charge is -2.19. The van der Waals surface area contributed by atoms with Crippen LogP contribution in [0.25, 0.3) is 56.5 Å². The summed E-state index contributed by atoms with van der Waals surface area (Å²) in [4.78, 5) is 44.5. The van der Waals surface area contributed by atoms with E-state index in [1.165, 1.54) is 0 Å². The number of aromatic nitrogens is 4. The van der Waals surface area contributed by atoms with E-state index in [0.29, 0.717) is 212 Å². The fraction of sp³-hybridized carbons (Fsp3) is 0.565. The average molecular weight is 1740 g/mol. The fourth-order valence-corrected chi connectivity index (χ4v) is 15.8. The molecule has 10 N–H and O–H groups in total. The second-order valence-corrected chi connectivity index (χ2v) is 29.0. The van der Waals surface area contributed by atoms with Crippen molar-refractivity contribution in [1.29, 1.82) is 0 Å². The van der Waals surface area contributed by atoms with Crippen LogP contribution < -0.4 is 0 Å². The zero-order valence-electron chi connectivity index (χ0n) is 73.8. The van der Waals surface area contributed by atoms with Gasteiger partial charge in [0, 0.05) is 34.9 Å². The summed E-state index contributed by atoms with van der Waals surface area (Å²) in [6.45, 7) is 21.4. The number of hydrogen-bond acceptors (Lipinski definition) is 22. The van der Waals surface area contributed by atoms with Crippen molar-refractivity contribution in [3.05, 3.63) is 161 Å². The summed E-state index contributed by atoms with van der Waals surface area (Å²) in [5.41, 5.74) is 18.0. The molecule has 32 heteroatoms. The number of nitrogens with one attached hydrogen (secondary N) is 4. The summed E-state index contributed by atoms with van der Waals surface area (Å²) in [7, 11) is -6.66. The molecule has 0 aliphatic carbocycles. The van der Waals surface area contributed by atoms with Crippen LogP contribution in [0, 0.1) is 0 Å². The molecule has 0 saturated heterocycles. The highest BCUT2D eigenvalue weighted by atomic mass is 19.2. The molecule has 0 fully saturated rings. The Morgan fingerprint density at radius 2 is 0.500 bits per heavy atom. The predicted octanol–water partition coefficient (Wildman–Crippen LogP) is 11.9. The molecule has 0 aliphatic rings. The molecule has 0 saturated carbocycles. The Kier molecular flexibility index (Phi) is 48.9. The van der Waals surface area contributed by atoms with E-state index in [-0.39, 0.29) is 166 Å². The summed E-state index contributed by atoms with van der Waals surface area (Å²) in [6, 6.07) is 15.9. The zero-order valence-corrected chi connectivity index (χ0v) is 73.8. The van der Waals surface area contributed by atoms with Gasteiger partial charge in [0.2, 0.25) is 11.6 Å². The van der Waals surface area contributed by atoms with Crippen LogP contribution in [0.3, 0.4) is 0 Å². The van der Waals surface area contributed by atoms with E-state index in [4.69, 9.17) is 66.2 Å². The maximum absolute atomic E-state index is 15.3. The molecule has 0 bridgehead atoms. The van der Waals surface area contributed by atoms with Gasteiger partial charge in [-0.2, -0.15) is 0 Å². The quantitative estimate of drug-likeness (QED) is 0.00423. The summed E-state index contributed by atoms with van der Waals surface area (Å²) in [6.07, 6.45) is 8.52. The maximum Gasteiger partial charge on any atom is 0.796 e. The van der Waals surface area contributed by atoms with Crippen LogP contribution >= 0.6 is 0 Å². The van der Waals surface area contributed by atoms with Gasteiger partial charge in [0.05, 0.1) is 221 Å². The summed E-state index contributed by atoms with van der Waals surface area (Å²) in [5, 5.41) is 55.5. The van der Waals surface area contributed by atoms with Gasteiger partial charge in [-0.3, -0.25) is 9.59 Å². The first kappa shape index (κ1) is 103. The van der Waals surface area contributed by atoms with Gasteiger partial charge >= 0.3 is 14.9 Å². The highest BCUT2D eigenvalue weighted by Crippen LogP contribution is 2.41. The molecule has 0 unspecified atom stereocenters. The number of ketones is 2. The van der Waals surface area contributed by atoms with E-state index < -0.39 is 26.5 Å². The first-order chi connectivity index (χ1) is 60.5.